The number of likely N-dealkylation sites (N-methyl/N-ethyl adjacent to an activating group) is 1. The van der Waals surface area contributed by atoms with E-state index in [1.54, 1.807) is 11.7 Å². The van der Waals surface area contributed by atoms with Crippen molar-refractivity contribution in [3.8, 4) is 0 Å². The Morgan fingerprint density at radius 2 is 1.84 bits per heavy atom. The molecule has 162 valence electrons. The summed E-state index contributed by atoms with van der Waals surface area (Å²) >= 11 is 0. The van der Waals surface area contributed by atoms with E-state index in [1.807, 2.05) is 20.9 Å². The van der Waals surface area contributed by atoms with Crippen LogP contribution in [0.5, 0.6) is 0 Å². The van der Waals surface area contributed by atoms with E-state index >= 15 is 0 Å². The highest BCUT2D eigenvalue weighted by molar-refractivity contribution is 6.04. The fourth-order valence-electron chi connectivity index (χ4n) is 3.20. The number of carbonyl (C=O) groups is 2. The molecular weight excluding hydrogens is 401 g/mol. The molecule has 0 aliphatic heterocycles. The number of pyridine rings is 1. The van der Waals surface area contributed by atoms with Crippen LogP contribution in [0.15, 0.2) is 47.4 Å². The Hall–Kier alpha value is -3.75. The zero-order valence-corrected chi connectivity index (χ0v) is 17.8. The van der Waals surface area contributed by atoms with Crippen LogP contribution in [0.3, 0.4) is 0 Å². The van der Waals surface area contributed by atoms with Crippen molar-refractivity contribution in [1.82, 2.24) is 19.2 Å². The predicted octanol–water partition coefficient (Wildman–Crippen LogP) is 2.25. The van der Waals surface area contributed by atoms with Crippen LogP contribution in [0.4, 0.5) is 10.1 Å². The van der Waals surface area contributed by atoms with Gasteiger partial charge in [-0.1, -0.05) is 0 Å². The second-order valence-corrected chi connectivity index (χ2v) is 7.34. The molecule has 0 fully saturated rings. The lowest BCUT2D eigenvalue weighted by Crippen LogP contribution is -2.35. The molecule has 3 rings (SSSR count). The van der Waals surface area contributed by atoms with Gasteiger partial charge in [0.15, 0.2) is 0 Å². The molecule has 2 aromatic heterocycles. The topological polar surface area (TPSA) is 89.2 Å². The maximum absolute atomic E-state index is 13.0. The third-order valence-electron chi connectivity index (χ3n) is 5.15. The molecular formula is C22H24FN5O3. The van der Waals surface area contributed by atoms with Gasteiger partial charge in [-0.15, -0.1) is 0 Å². The van der Waals surface area contributed by atoms with Crippen LogP contribution in [0.1, 0.15) is 27.3 Å². The highest BCUT2D eigenvalue weighted by Gasteiger charge is 2.18. The van der Waals surface area contributed by atoms with Crippen molar-refractivity contribution < 1.29 is 14.0 Å². The number of rotatable bonds is 6. The number of benzene rings is 1. The van der Waals surface area contributed by atoms with Crippen molar-refractivity contribution in [2.75, 3.05) is 12.4 Å². The lowest BCUT2D eigenvalue weighted by atomic mass is 10.2. The SMILES string of the molecule is Cc1nn(C)c(C)c1CN(C)C(=O)Cn1cccc(C(=O)Nc2ccc(F)cc2)c1=O. The van der Waals surface area contributed by atoms with Gasteiger partial charge >= 0.3 is 0 Å². The molecule has 3 aromatic rings. The van der Waals surface area contributed by atoms with Gasteiger partial charge in [-0.3, -0.25) is 19.1 Å². The van der Waals surface area contributed by atoms with Crippen LogP contribution in [-0.4, -0.2) is 38.1 Å². The minimum absolute atomic E-state index is 0.110. The zero-order valence-electron chi connectivity index (χ0n) is 17.8. The molecule has 1 N–H and O–H groups in total. The summed E-state index contributed by atoms with van der Waals surface area (Å²) in [6.07, 6.45) is 1.46. The Bertz CT molecular complexity index is 1180. The Morgan fingerprint density at radius 1 is 1.16 bits per heavy atom. The summed E-state index contributed by atoms with van der Waals surface area (Å²) in [5, 5.41) is 6.90. The number of aromatic nitrogens is 3. The van der Waals surface area contributed by atoms with Gasteiger partial charge < -0.3 is 14.8 Å². The van der Waals surface area contributed by atoms with Crippen molar-refractivity contribution in [2.24, 2.45) is 7.05 Å². The minimum Gasteiger partial charge on any atom is -0.340 e. The number of carbonyl (C=O) groups excluding carboxylic acids is 2. The maximum atomic E-state index is 13.0. The van der Waals surface area contributed by atoms with E-state index in [9.17, 15) is 18.8 Å². The van der Waals surface area contributed by atoms with E-state index in [4.69, 9.17) is 0 Å². The van der Waals surface area contributed by atoms with Crippen molar-refractivity contribution >= 4 is 17.5 Å². The number of nitrogens with one attached hydrogen (secondary N) is 1. The van der Waals surface area contributed by atoms with E-state index in [2.05, 4.69) is 10.4 Å². The quantitative estimate of drug-likeness (QED) is 0.656. The maximum Gasteiger partial charge on any atom is 0.263 e. The van der Waals surface area contributed by atoms with E-state index in [1.165, 1.54) is 52.1 Å². The summed E-state index contributed by atoms with van der Waals surface area (Å²) in [5.41, 5.74) is 2.43. The molecule has 1 aromatic carbocycles. The second-order valence-electron chi connectivity index (χ2n) is 7.34. The highest BCUT2D eigenvalue weighted by atomic mass is 19.1. The van der Waals surface area contributed by atoms with Crippen LogP contribution in [0.25, 0.3) is 0 Å². The number of hydrogen-bond donors (Lipinski definition) is 1. The third-order valence-corrected chi connectivity index (χ3v) is 5.15. The predicted molar refractivity (Wildman–Crippen MR) is 114 cm³/mol. The van der Waals surface area contributed by atoms with E-state index < -0.39 is 17.3 Å². The first-order valence-electron chi connectivity index (χ1n) is 9.66. The van der Waals surface area contributed by atoms with Crippen molar-refractivity contribution in [3.05, 3.63) is 81.3 Å². The smallest absolute Gasteiger partial charge is 0.263 e. The second kappa shape index (κ2) is 8.95. The highest BCUT2D eigenvalue weighted by Crippen LogP contribution is 2.14. The van der Waals surface area contributed by atoms with Crippen LogP contribution in [0, 0.1) is 19.7 Å². The molecule has 0 saturated heterocycles. The zero-order chi connectivity index (χ0) is 22.7. The normalized spacial score (nSPS) is 10.7. The average molecular weight is 425 g/mol. The number of anilines is 1. The van der Waals surface area contributed by atoms with Crippen molar-refractivity contribution in [2.45, 2.75) is 26.9 Å². The van der Waals surface area contributed by atoms with Crippen LogP contribution < -0.4 is 10.9 Å². The Balaban J connectivity index is 1.73. The molecule has 2 heterocycles. The molecule has 0 atom stereocenters. The fraction of sp³-hybridized carbons (Fsp3) is 0.273. The fourth-order valence-corrected chi connectivity index (χ4v) is 3.20. The molecule has 0 aliphatic carbocycles. The summed E-state index contributed by atoms with van der Waals surface area (Å²) in [6, 6.07) is 8.13. The van der Waals surface area contributed by atoms with Crippen LogP contribution >= 0.6 is 0 Å². The third kappa shape index (κ3) is 4.88. The first-order chi connectivity index (χ1) is 14.7. The summed E-state index contributed by atoms with van der Waals surface area (Å²) in [5.74, 6) is -1.34. The summed E-state index contributed by atoms with van der Waals surface area (Å²) in [4.78, 5) is 39.5. The van der Waals surface area contributed by atoms with Gasteiger partial charge in [-0.05, 0) is 50.2 Å². The van der Waals surface area contributed by atoms with Gasteiger partial charge in [0.05, 0.1) is 5.69 Å². The van der Waals surface area contributed by atoms with Gasteiger partial charge in [-0.25, -0.2) is 4.39 Å². The van der Waals surface area contributed by atoms with Crippen LogP contribution in [-0.2, 0) is 24.9 Å². The number of nitrogens with zero attached hydrogens (tertiary/aromatic N) is 4. The number of hydrogen-bond acceptors (Lipinski definition) is 4. The number of aryl methyl sites for hydroxylation is 2. The largest absolute Gasteiger partial charge is 0.340 e. The molecule has 31 heavy (non-hydrogen) atoms. The molecule has 0 spiro atoms. The summed E-state index contributed by atoms with van der Waals surface area (Å²) in [6.45, 7) is 3.98. The van der Waals surface area contributed by atoms with Crippen molar-refractivity contribution in [3.63, 3.8) is 0 Å². The number of halogens is 1. The van der Waals surface area contributed by atoms with E-state index in [0.717, 1.165) is 17.0 Å². The van der Waals surface area contributed by atoms with Gasteiger partial charge in [0, 0.05) is 43.8 Å². The van der Waals surface area contributed by atoms with Gasteiger partial charge in [-0.2, -0.15) is 5.10 Å². The average Bonchev–Trinajstić information content (AvgIpc) is 2.97. The van der Waals surface area contributed by atoms with Crippen LogP contribution in [0.2, 0.25) is 0 Å². The summed E-state index contributed by atoms with van der Waals surface area (Å²) in [7, 11) is 3.50. The lowest BCUT2D eigenvalue weighted by molar-refractivity contribution is -0.131. The van der Waals surface area contributed by atoms with Crippen molar-refractivity contribution in [1.29, 1.82) is 0 Å². The molecule has 0 bridgehead atoms. The Morgan fingerprint density at radius 3 is 2.45 bits per heavy atom. The first-order valence-corrected chi connectivity index (χ1v) is 9.66. The Labute approximate surface area is 178 Å². The molecule has 8 nitrogen and oxygen atoms in total. The Kier molecular flexibility index (Phi) is 6.33. The van der Waals surface area contributed by atoms with E-state index in [0.29, 0.717) is 12.2 Å². The molecule has 0 aliphatic rings. The van der Waals surface area contributed by atoms with Gasteiger partial charge in [0.25, 0.3) is 11.5 Å². The van der Waals surface area contributed by atoms with E-state index in [-0.39, 0.29) is 18.0 Å². The molecule has 0 unspecified atom stereocenters. The number of amides is 2. The lowest BCUT2D eigenvalue weighted by Gasteiger charge is -2.18. The minimum atomic E-state index is -0.631. The molecule has 2 amide bonds. The monoisotopic (exact) mass is 425 g/mol. The van der Waals surface area contributed by atoms with Gasteiger partial charge in [0.1, 0.15) is 17.9 Å². The first kappa shape index (κ1) is 21.9. The standard InChI is InChI=1S/C22H24FN5O3/c1-14-19(15(2)27(4)25-14)12-26(3)20(29)13-28-11-5-6-18(22(28)31)21(30)24-17-9-7-16(23)8-10-17/h5-11H,12-13H2,1-4H3,(H,24,30). The molecule has 0 radical (unpaired) electrons. The molecule has 9 heteroatoms. The summed E-state index contributed by atoms with van der Waals surface area (Å²) < 4.78 is 16.0. The molecule has 0 saturated carbocycles. The van der Waals surface area contributed by atoms with Gasteiger partial charge in [0.2, 0.25) is 5.91 Å².